The molecule has 5 nitrogen and oxygen atoms in total. The fourth-order valence-corrected chi connectivity index (χ4v) is 2.80. The maximum atomic E-state index is 12.5. The van der Waals surface area contributed by atoms with Crippen LogP contribution in [-0.4, -0.2) is 26.7 Å². The largest absolute Gasteiger partial charge is 0.496 e. The molecule has 1 aliphatic heterocycles. The number of carbonyl (C=O) groups is 1. The lowest BCUT2D eigenvalue weighted by Crippen LogP contribution is -2.12. The van der Waals surface area contributed by atoms with Crippen LogP contribution in [0.2, 0.25) is 0 Å². The predicted octanol–water partition coefficient (Wildman–Crippen LogP) is 3.23. The van der Waals surface area contributed by atoms with Crippen molar-refractivity contribution in [3.05, 3.63) is 47.0 Å². The van der Waals surface area contributed by atoms with Crippen LogP contribution in [0, 0.1) is 6.92 Å². The fraction of sp³-hybridized carbons (Fsp3) is 0.278. The molecule has 120 valence electrons. The monoisotopic (exact) mass is 312 g/mol. The first-order chi connectivity index (χ1) is 11.1. The first-order valence-electron chi connectivity index (χ1n) is 7.53. The Kier molecular flexibility index (Phi) is 4.10. The fourth-order valence-electron chi connectivity index (χ4n) is 2.80. The molecule has 0 saturated carbocycles. The maximum Gasteiger partial charge on any atom is 0.255 e. The Morgan fingerprint density at radius 1 is 1.13 bits per heavy atom. The Morgan fingerprint density at radius 3 is 2.48 bits per heavy atom. The summed E-state index contributed by atoms with van der Waals surface area (Å²) >= 11 is 0. The topological polar surface area (TPSA) is 59.6 Å². The zero-order chi connectivity index (χ0) is 16.4. The first-order valence-corrected chi connectivity index (χ1v) is 7.53. The zero-order valence-corrected chi connectivity index (χ0v) is 13.5. The number of rotatable bonds is 4. The number of fused-ring (bicyclic) bond motifs is 1. The molecule has 0 aromatic heterocycles. The SMILES string of the molecule is COc1cc(C(=O)Nc2ccc3c(c2)CCN3)cc(OC)c1C. The second kappa shape index (κ2) is 6.20. The van der Waals surface area contributed by atoms with Gasteiger partial charge in [-0.2, -0.15) is 0 Å². The van der Waals surface area contributed by atoms with Crippen LogP contribution < -0.4 is 20.1 Å². The summed E-state index contributed by atoms with van der Waals surface area (Å²) in [6.07, 6.45) is 0.977. The minimum atomic E-state index is -0.187. The number of methoxy groups -OCH3 is 2. The number of carbonyl (C=O) groups excluding carboxylic acids is 1. The second-order valence-electron chi connectivity index (χ2n) is 5.51. The lowest BCUT2D eigenvalue weighted by Gasteiger charge is -2.13. The highest BCUT2D eigenvalue weighted by molar-refractivity contribution is 6.05. The number of benzene rings is 2. The molecule has 1 amide bonds. The molecule has 23 heavy (non-hydrogen) atoms. The molecule has 5 heteroatoms. The Bertz CT molecular complexity index is 731. The molecule has 1 heterocycles. The van der Waals surface area contributed by atoms with E-state index in [2.05, 4.69) is 10.6 Å². The van der Waals surface area contributed by atoms with Gasteiger partial charge in [-0.1, -0.05) is 0 Å². The lowest BCUT2D eigenvalue weighted by atomic mass is 10.1. The van der Waals surface area contributed by atoms with Crippen molar-refractivity contribution < 1.29 is 14.3 Å². The van der Waals surface area contributed by atoms with E-state index < -0.39 is 0 Å². The van der Waals surface area contributed by atoms with E-state index in [1.807, 2.05) is 25.1 Å². The molecule has 1 aliphatic rings. The van der Waals surface area contributed by atoms with Crippen molar-refractivity contribution in [3.63, 3.8) is 0 Å². The number of amides is 1. The summed E-state index contributed by atoms with van der Waals surface area (Å²) < 4.78 is 10.6. The summed E-state index contributed by atoms with van der Waals surface area (Å²) in [7, 11) is 3.16. The Balaban J connectivity index is 1.86. The summed E-state index contributed by atoms with van der Waals surface area (Å²) in [5, 5.41) is 6.24. The third-order valence-corrected chi connectivity index (χ3v) is 4.09. The van der Waals surface area contributed by atoms with Crippen LogP contribution in [0.15, 0.2) is 30.3 Å². The highest BCUT2D eigenvalue weighted by atomic mass is 16.5. The molecule has 3 rings (SSSR count). The molecule has 0 aliphatic carbocycles. The van der Waals surface area contributed by atoms with E-state index in [1.54, 1.807) is 26.4 Å². The van der Waals surface area contributed by atoms with Crippen molar-refractivity contribution >= 4 is 17.3 Å². The summed E-state index contributed by atoms with van der Waals surface area (Å²) in [6.45, 7) is 2.84. The minimum Gasteiger partial charge on any atom is -0.496 e. The van der Waals surface area contributed by atoms with Crippen molar-refractivity contribution in [2.75, 3.05) is 31.4 Å². The quantitative estimate of drug-likeness (QED) is 0.910. The molecular formula is C18H20N2O3. The third kappa shape index (κ3) is 2.95. The highest BCUT2D eigenvalue weighted by Crippen LogP contribution is 2.30. The molecule has 0 bridgehead atoms. The van der Waals surface area contributed by atoms with Gasteiger partial charge in [-0.15, -0.1) is 0 Å². The molecular weight excluding hydrogens is 292 g/mol. The second-order valence-corrected chi connectivity index (χ2v) is 5.51. The van der Waals surface area contributed by atoms with Crippen LogP contribution in [-0.2, 0) is 6.42 Å². The Morgan fingerprint density at radius 2 is 1.83 bits per heavy atom. The van der Waals surface area contributed by atoms with E-state index in [0.29, 0.717) is 17.1 Å². The van der Waals surface area contributed by atoms with Crippen molar-refractivity contribution in [2.45, 2.75) is 13.3 Å². The molecule has 0 unspecified atom stereocenters. The van der Waals surface area contributed by atoms with Gasteiger partial charge in [0.15, 0.2) is 0 Å². The summed E-state index contributed by atoms with van der Waals surface area (Å²) in [5.41, 5.74) is 4.53. The molecule has 0 spiro atoms. The summed E-state index contributed by atoms with van der Waals surface area (Å²) in [6, 6.07) is 9.35. The predicted molar refractivity (Wildman–Crippen MR) is 90.9 cm³/mol. The smallest absolute Gasteiger partial charge is 0.255 e. The molecule has 2 N–H and O–H groups in total. The standard InChI is InChI=1S/C18H20N2O3/c1-11-16(22-2)9-13(10-17(11)23-3)18(21)20-14-4-5-15-12(8-14)6-7-19-15/h4-5,8-10,19H,6-7H2,1-3H3,(H,20,21). The van der Waals surface area contributed by atoms with Crippen LogP contribution in [0.4, 0.5) is 11.4 Å². The number of hydrogen-bond donors (Lipinski definition) is 2. The molecule has 0 fully saturated rings. The van der Waals surface area contributed by atoms with E-state index in [4.69, 9.17) is 9.47 Å². The van der Waals surface area contributed by atoms with Gasteiger partial charge in [0, 0.05) is 29.0 Å². The van der Waals surface area contributed by atoms with Crippen LogP contribution in [0.5, 0.6) is 11.5 Å². The lowest BCUT2D eigenvalue weighted by molar-refractivity contribution is 0.102. The number of hydrogen-bond acceptors (Lipinski definition) is 4. The van der Waals surface area contributed by atoms with Crippen LogP contribution in [0.25, 0.3) is 0 Å². The van der Waals surface area contributed by atoms with Gasteiger partial charge >= 0.3 is 0 Å². The average molecular weight is 312 g/mol. The molecule has 2 aromatic rings. The Hall–Kier alpha value is -2.69. The molecule has 2 aromatic carbocycles. The van der Waals surface area contributed by atoms with Gasteiger partial charge in [-0.25, -0.2) is 0 Å². The van der Waals surface area contributed by atoms with Crippen molar-refractivity contribution in [1.29, 1.82) is 0 Å². The molecule has 0 atom stereocenters. The summed E-state index contributed by atoms with van der Waals surface area (Å²) in [4.78, 5) is 12.5. The highest BCUT2D eigenvalue weighted by Gasteiger charge is 2.15. The minimum absolute atomic E-state index is 0.187. The van der Waals surface area contributed by atoms with Crippen LogP contribution in [0.1, 0.15) is 21.5 Å². The van der Waals surface area contributed by atoms with Crippen molar-refractivity contribution in [3.8, 4) is 11.5 Å². The van der Waals surface area contributed by atoms with Gasteiger partial charge in [-0.05, 0) is 49.2 Å². The normalized spacial score (nSPS) is 12.3. The molecule has 0 saturated heterocycles. The number of anilines is 2. The zero-order valence-electron chi connectivity index (χ0n) is 13.5. The van der Waals surface area contributed by atoms with E-state index in [0.717, 1.165) is 29.9 Å². The maximum absolute atomic E-state index is 12.5. The van der Waals surface area contributed by atoms with Crippen LogP contribution in [0.3, 0.4) is 0 Å². The third-order valence-electron chi connectivity index (χ3n) is 4.09. The van der Waals surface area contributed by atoms with Gasteiger partial charge < -0.3 is 20.1 Å². The number of ether oxygens (including phenoxy) is 2. The van der Waals surface area contributed by atoms with Gasteiger partial charge in [0.1, 0.15) is 11.5 Å². The number of nitrogens with one attached hydrogen (secondary N) is 2. The average Bonchev–Trinajstić information content (AvgIpc) is 3.02. The van der Waals surface area contributed by atoms with E-state index in [-0.39, 0.29) is 5.91 Å². The van der Waals surface area contributed by atoms with Gasteiger partial charge in [0.2, 0.25) is 0 Å². The van der Waals surface area contributed by atoms with Crippen molar-refractivity contribution in [2.24, 2.45) is 0 Å². The first kappa shape index (κ1) is 15.2. The van der Waals surface area contributed by atoms with Gasteiger partial charge in [-0.3, -0.25) is 4.79 Å². The van der Waals surface area contributed by atoms with Crippen LogP contribution >= 0.6 is 0 Å². The Labute approximate surface area is 135 Å². The van der Waals surface area contributed by atoms with E-state index in [9.17, 15) is 4.79 Å². The molecule has 0 radical (unpaired) electrons. The van der Waals surface area contributed by atoms with E-state index >= 15 is 0 Å². The summed E-state index contributed by atoms with van der Waals surface area (Å²) in [5.74, 6) is 1.08. The van der Waals surface area contributed by atoms with Gasteiger partial charge in [0.25, 0.3) is 5.91 Å². The van der Waals surface area contributed by atoms with Gasteiger partial charge in [0.05, 0.1) is 14.2 Å². The van der Waals surface area contributed by atoms with Crippen molar-refractivity contribution in [1.82, 2.24) is 0 Å². The van der Waals surface area contributed by atoms with E-state index in [1.165, 1.54) is 5.56 Å².